The van der Waals surface area contributed by atoms with Crippen molar-refractivity contribution in [3.8, 4) is 0 Å². The second-order valence-corrected chi connectivity index (χ2v) is 17.0. The van der Waals surface area contributed by atoms with E-state index in [1.165, 1.54) is 0 Å². The van der Waals surface area contributed by atoms with Gasteiger partial charge in [0.25, 0.3) is 0 Å². The standard InChI is InChI=1S/C57H89NO7/c1-6-8-10-12-14-16-18-20-22-24-26-28-30-32-34-36-38-40-42-44-46-48-56(60)65-53(51-63-50-49-54(57(61)62)58(3,4)5)52-64-55(59)47-45-43-41-39-37-35-33-31-29-27-25-23-21-19-17-15-13-11-9-7-2/h8-11,14-17,20-23,26-29,32-35,38,40,53-54H,6-7,12-13,18-19,24-25,30-31,36-37,39,41-52H2,1-5H3/p+1/b10-8+,11-9+,16-14+,17-15+,22-20+,23-21+,28-26+,29-27+,34-32+,35-33+,40-38+. The number of carbonyl (C=O) groups excluding carboxylic acids is 2. The van der Waals surface area contributed by atoms with Crippen LogP contribution in [-0.2, 0) is 28.6 Å². The molecule has 0 spiro atoms. The van der Waals surface area contributed by atoms with Gasteiger partial charge in [0.1, 0.15) is 6.61 Å². The molecule has 0 rings (SSSR count). The minimum absolute atomic E-state index is 0.0246. The first kappa shape index (κ1) is 60.5. The molecular weight excluding hydrogens is 811 g/mol. The fourth-order valence-electron chi connectivity index (χ4n) is 6.30. The van der Waals surface area contributed by atoms with Crippen molar-refractivity contribution in [2.24, 2.45) is 0 Å². The van der Waals surface area contributed by atoms with Gasteiger partial charge < -0.3 is 23.8 Å². The summed E-state index contributed by atoms with van der Waals surface area (Å²) in [5.41, 5.74) is 0. The molecule has 0 heterocycles. The van der Waals surface area contributed by atoms with E-state index >= 15 is 0 Å². The second-order valence-electron chi connectivity index (χ2n) is 17.0. The molecule has 8 nitrogen and oxygen atoms in total. The summed E-state index contributed by atoms with van der Waals surface area (Å²) in [7, 11) is 5.49. The molecular formula is C57H90NO7+. The molecule has 0 amide bonds. The fourth-order valence-corrected chi connectivity index (χ4v) is 6.30. The number of ether oxygens (including phenoxy) is 3. The first-order valence-electron chi connectivity index (χ1n) is 24.7. The number of hydrogen-bond donors (Lipinski definition) is 1. The first-order chi connectivity index (χ1) is 31.6. The maximum atomic E-state index is 12.8. The van der Waals surface area contributed by atoms with Gasteiger partial charge in [-0.15, -0.1) is 0 Å². The van der Waals surface area contributed by atoms with E-state index in [-0.39, 0.29) is 42.7 Å². The van der Waals surface area contributed by atoms with E-state index in [1.54, 1.807) is 0 Å². The Morgan fingerprint density at radius 2 is 0.815 bits per heavy atom. The van der Waals surface area contributed by atoms with E-state index in [4.69, 9.17) is 14.2 Å². The summed E-state index contributed by atoms with van der Waals surface area (Å²) >= 11 is 0. The predicted molar refractivity (Wildman–Crippen MR) is 275 cm³/mol. The normalized spacial score (nSPS) is 14.0. The summed E-state index contributed by atoms with van der Waals surface area (Å²) in [4.78, 5) is 37.1. The van der Waals surface area contributed by atoms with Gasteiger partial charge in [-0.05, 0) is 109 Å². The Labute approximate surface area is 396 Å². The lowest BCUT2D eigenvalue weighted by Crippen LogP contribution is -2.50. The number of nitrogens with zero attached hydrogens (tertiary/aromatic N) is 1. The molecule has 8 heteroatoms. The van der Waals surface area contributed by atoms with Crippen LogP contribution in [0.3, 0.4) is 0 Å². The SMILES string of the molecule is CC/C=C/C/C=C/C/C=C/C/C=C/C/C=C/C/C=C/CCCCC(=O)OC(COCCC(C(=O)O)[N+](C)(C)C)COC(=O)CCCCCC/C=C/C/C=C/C/C=C/C/C=C/C/C=C/CC. The molecule has 364 valence electrons. The second kappa shape index (κ2) is 46.0. The van der Waals surface area contributed by atoms with Gasteiger partial charge in [0.05, 0.1) is 34.4 Å². The highest BCUT2D eigenvalue weighted by atomic mass is 16.6. The van der Waals surface area contributed by atoms with Crippen LogP contribution in [-0.4, -0.2) is 80.6 Å². The third-order valence-electron chi connectivity index (χ3n) is 10.0. The van der Waals surface area contributed by atoms with Crippen LogP contribution in [0.15, 0.2) is 134 Å². The number of esters is 2. The first-order valence-corrected chi connectivity index (χ1v) is 24.7. The number of carbonyl (C=O) groups is 3. The van der Waals surface area contributed by atoms with Crippen LogP contribution in [0.5, 0.6) is 0 Å². The summed E-state index contributed by atoms with van der Waals surface area (Å²) in [6.07, 6.45) is 66.4. The predicted octanol–water partition coefficient (Wildman–Crippen LogP) is 14.4. The molecule has 2 atom stereocenters. The lowest BCUT2D eigenvalue weighted by Gasteiger charge is -2.31. The largest absolute Gasteiger partial charge is 0.477 e. The zero-order valence-corrected chi connectivity index (χ0v) is 41.4. The zero-order chi connectivity index (χ0) is 47.7. The summed E-state index contributed by atoms with van der Waals surface area (Å²) < 4.78 is 17.3. The highest BCUT2D eigenvalue weighted by Crippen LogP contribution is 2.12. The number of likely N-dealkylation sites (N-methyl/N-ethyl adjacent to an activating group) is 1. The summed E-state index contributed by atoms with van der Waals surface area (Å²) in [5.74, 6) is -1.58. The highest BCUT2D eigenvalue weighted by Gasteiger charge is 2.31. The molecule has 0 saturated heterocycles. The average Bonchev–Trinajstić information content (AvgIpc) is 3.27. The number of rotatable bonds is 42. The third kappa shape index (κ3) is 44.5. The van der Waals surface area contributed by atoms with Gasteiger partial charge >= 0.3 is 17.9 Å². The van der Waals surface area contributed by atoms with Crippen molar-refractivity contribution in [2.75, 3.05) is 41.0 Å². The Hall–Kier alpha value is -4.53. The van der Waals surface area contributed by atoms with E-state index in [2.05, 4.69) is 148 Å². The monoisotopic (exact) mass is 901 g/mol. The lowest BCUT2D eigenvalue weighted by molar-refractivity contribution is -0.887. The van der Waals surface area contributed by atoms with Gasteiger partial charge in [-0.25, -0.2) is 4.79 Å². The van der Waals surface area contributed by atoms with Crippen molar-refractivity contribution in [1.82, 2.24) is 0 Å². The van der Waals surface area contributed by atoms with Crippen molar-refractivity contribution in [1.29, 1.82) is 0 Å². The van der Waals surface area contributed by atoms with Gasteiger partial charge in [0.2, 0.25) is 0 Å². The van der Waals surface area contributed by atoms with Crippen LogP contribution in [0.2, 0.25) is 0 Å². The Kier molecular flexibility index (Phi) is 42.8. The fraction of sp³-hybridized carbons (Fsp3) is 0.561. The Balaban J connectivity index is 4.45. The van der Waals surface area contributed by atoms with Gasteiger partial charge in [-0.1, -0.05) is 160 Å². The van der Waals surface area contributed by atoms with E-state index in [9.17, 15) is 19.5 Å². The molecule has 0 aromatic rings. The van der Waals surface area contributed by atoms with Crippen LogP contribution in [0, 0.1) is 0 Å². The maximum absolute atomic E-state index is 12.8. The molecule has 0 aliphatic heterocycles. The van der Waals surface area contributed by atoms with Crippen molar-refractivity contribution >= 4 is 17.9 Å². The van der Waals surface area contributed by atoms with Crippen molar-refractivity contribution in [3.05, 3.63) is 134 Å². The molecule has 0 fully saturated rings. The van der Waals surface area contributed by atoms with Crippen LogP contribution < -0.4 is 0 Å². The molecule has 0 saturated carbocycles. The smallest absolute Gasteiger partial charge is 0.362 e. The van der Waals surface area contributed by atoms with Crippen LogP contribution >= 0.6 is 0 Å². The number of aliphatic carboxylic acids is 1. The lowest BCUT2D eigenvalue weighted by atomic mass is 10.1. The van der Waals surface area contributed by atoms with Gasteiger partial charge in [0, 0.05) is 19.3 Å². The topological polar surface area (TPSA) is 99.1 Å². The molecule has 0 aromatic heterocycles. The number of allylic oxidation sites excluding steroid dienone is 22. The van der Waals surface area contributed by atoms with E-state index < -0.39 is 18.1 Å². The summed E-state index contributed by atoms with van der Waals surface area (Å²) in [6.45, 7) is 4.41. The highest BCUT2D eigenvalue weighted by molar-refractivity contribution is 5.72. The van der Waals surface area contributed by atoms with E-state index in [0.29, 0.717) is 19.3 Å². The Morgan fingerprint density at radius 1 is 0.462 bits per heavy atom. The van der Waals surface area contributed by atoms with Crippen molar-refractivity contribution < 1.29 is 38.2 Å². The van der Waals surface area contributed by atoms with Gasteiger partial charge in [0.15, 0.2) is 12.1 Å². The molecule has 0 aliphatic rings. The van der Waals surface area contributed by atoms with Crippen LogP contribution in [0.4, 0.5) is 0 Å². The number of hydrogen-bond acceptors (Lipinski definition) is 6. The quantitative estimate of drug-likeness (QED) is 0.0282. The molecule has 0 aliphatic carbocycles. The average molecular weight is 901 g/mol. The van der Waals surface area contributed by atoms with Crippen molar-refractivity contribution in [2.45, 2.75) is 167 Å². The number of unbranched alkanes of at least 4 members (excludes halogenated alkanes) is 6. The van der Waals surface area contributed by atoms with E-state index in [0.717, 1.165) is 116 Å². The minimum Gasteiger partial charge on any atom is -0.477 e. The minimum atomic E-state index is -0.892. The Bertz CT molecular complexity index is 1520. The number of carboxylic acids is 1. The molecule has 1 N–H and O–H groups in total. The molecule has 0 aromatic carbocycles. The van der Waals surface area contributed by atoms with Crippen molar-refractivity contribution in [3.63, 3.8) is 0 Å². The summed E-state index contributed by atoms with van der Waals surface area (Å²) in [6, 6.07) is -0.637. The molecule has 0 bridgehead atoms. The maximum Gasteiger partial charge on any atom is 0.362 e. The Morgan fingerprint density at radius 3 is 1.22 bits per heavy atom. The van der Waals surface area contributed by atoms with E-state index in [1.807, 2.05) is 21.1 Å². The number of quaternary nitrogens is 1. The molecule has 2 unspecified atom stereocenters. The van der Waals surface area contributed by atoms with Crippen LogP contribution in [0.1, 0.15) is 155 Å². The summed E-state index contributed by atoms with van der Waals surface area (Å²) in [5, 5.41) is 9.65. The third-order valence-corrected chi connectivity index (χ3v) is 10.0. The van der Waals surface area contributed by atoms with Crippen LogP contribution in [0.25, 0.3) is 0 Å². The zero-order valence-electron chi connectivity index (χ0n) is 41.4. The molecule has 65 heavy (non-hydrogen) atoms. The molecule has 0 radical (unpaired) electrons. The van der Waals surface area contributed by atoms with Gasteiger partial charge in [-0.2, -0.15) is 0 Å². The van der Waals surface area contributed by atoms with Gasteiger partial charge in [-0.3, -0.25) is 9.59 Å². The number of carboxylic acid groups (broad SMARTS) is 1.